The molecule has 3 rings (SSSR count). The first-order valence-electron chi connectivity index (χ1n) is 8.09. The molecule has 0 saturated carbocycles. The zero-order valence-electron chi connectivity index (χ0n) is 14.9. The van der Waals surface area contributed by atoms with Crippen LogP contribution in [0.5, 0.6) is 5.75 Å². The molecule has 0 fully saturated rings. The highest BCUT2D eigenvalue weighted by molar-refractivity contribution is 5.90. The number of nitrogens with zero attached hydrogens (tertiary/aromatic N) is 1. The molecule has 0 unspecified atom stereocenters. The molecule has 3 aromatic rings. The Morgan fingerprint density at radius 3 is 2.52 bits per heavy atom. The highest BCUT2D eigenvalue weighted by Gasteiger charge is 2.31. The summed E-state index contributed by atoms with van der Waals surface area (Å²) in [7, 11) is 0. The molecule has 0 saturated heterocycles. The summed E-state index contributed by atoms with van der Waals surface area (Å²) in [6, 6.07) is 8.69. The van der Waals surface area contributed by atoms with Gasteiger partial charge in [0.25, 0.3) is 0 Å². The number of aromatic nitrogens is 1. The molecule has 1 N–H and O–H groups in total. The minimum absolute atomic E-state index is 0.216. The number of aromatic carboxylic acids is 1. The van der Waals surface area contributed by atoms with Gasteiger partial charge in [0.1, 0.15) is 5.75 Å². The molecule has 0 radical (unpaired) electrons. The highest BCUT2D eigenvalue weighted by Crippen LogP contribution is 2.29. The number of halogens is 3. The van der Waals surface area contributed by atoms with Crippen LogP contribution >= 0.6 is 0 Å². The van der Waals surface area contributed by atoms with Crippen LogP contribution in [0.4, 0.5) is 13.2 Å². The molecule has 0 spiro atoms. The van der Waals surface area contributed by atoms with Gasteiger partial charge in [-0.05, 0) is 67.3 Å². The quantitative estimate of drug-likeness (QED) is 0.712. The van der Waals surface area contributed by atoms with Gasteiger partial charge in [-0.2, -0.15) is 0 Å². The molecule has 140 valence electrons. The smallest absolute Gasteiger partial charge is 0.478 e. The van der Waals surface area contributed by atoms with Gasteiger partial charge < -0.3 is 9.84 Å². The maximum atomic E-state index is 12.5. The van der Waals surface area contributed by atoms with Gasteiger partial charge in [-0.15, -0.1) is 13.2 Å². The van der Waals surface area contributed by atoms with Crippen molar-refractivity contribution in [3.05, 3.63) is 64.3 Å². The molecule has 0 amide bonds. The Balaban J connectivity index is 2.05. The Morgan fingerprint density at radius 2 is 1.89 bits per heavy atom. The number of carbonyl (C=O) groups is 1. The largest absolute Gasteiger partial charge is 0.573 e. The molecule has 1 heterocycles. The van der Waals surface area contributed by atoms with Crippen LogP contribution in [-0.4, -0.2) is 22.0 Å². The summed E-state index contributed by atoms with van der Waals surface area (Å²) in [5.74, 6) is -1.32. The number of hydrogen-bond donors (Lipinski definition) is 1. The zero-order valence-corrected chi connectivity index (χ0v) is 14.9. The summed E-state index contributed by atoms with van der Waals surface area (Å²) in [6.07, 6.45) is -1.86. The number of alkyl halides is 3. The summed E-state index contributed by atoms with van der Waals surface area (Å²) >= 11 is 0. The maximum Gasteiger partial charge on any atom is 0.573 e. The van der Waals surface area contributed by atoms with Crippen LogP contribution in [0.2, 0.25) is 0 Å². The van der Waals surface area contributed by atoms with E-state index in [0.29, 0.717) is 28.6 Å². The molecule has 7 heteroatoms. The molecule has 4 nitrogen and oxygen atoms in total. The van der Waals surface area contributed by atoms with Crippen molar-refractivity contribution in [1.29, 1.82) is 0 Å². The first-order chi connectivity index (χ1) is 12.6. The minimum atomic E-state index is -4.77. The fourth-order valence-electron chi connectivity index (χ4n) is 3.22. The number of carboxylic acid groups (broad SMARTS) is 1. The van der Waals surface area contributed by atoms with Crippen molar-refractivity contribution >= 4 is 16.9 Å². The van der Waals surface area contributed by atoms with E-state index in [2.05, 4.69) is 17.0 Å². The third kappa shape index (κ3) is 3.70. The van der Waals surface area contributed by atoms with Crippen molar-refractivity contribution in [1.82, 2.24) is 4.57 Å². The van der Waals surface area contributed by atoms with Crippen molar-refractivity contribution in [3.8, 4) is 5.75 Å². The molecule has 0 aliphatic rings. The van der Waals surface area contributed by atoms with Crippen LogP contribution in [0.3, 0.4) is 0 Å². The van der Waals surface area contributed by atoms with Gasteiger partial charge in [-0.3, -0.25) is 4.57 Å². The van der Waals surface area contributed by atoms with Gasteiger partial charge in [0.15, 0.2) is 0 Å². The van der Waals surface area contributed by atoms with E-state index < -0.39 is 12.3 Å². The Kier molecular flexibility index (Phi) is 4.52. The SMILES string of the molecule is Cc1ccc(C(=O)O)c(C)c1Cn1c#cc2cc(OC(F)(F)F)cc(C)c21. The Morgan fingerprint density at radius 1 is 1.19 bits per heavy atom. The molecule has 0 atom stereocenters. The van der Waals surface area contributed by atoms with Crippen LogP contribution in [-0.2, 0) is 6.54 Å². The average molecular weight is 375 g/mol. The molecule has 0 bridgehead atoms. The van der Waals surface area contributed by atoms with E-state index in [-0.39, 0.29) is 11.3 Å². The maximum absolute atomic E-state index is 12.5. The van der Waals surface area contributed by atoms with E-state index in [1.807, 2.05) is 6.92 Å². The van der Waals surface area contributed by atoms with E-state index in [1.54, 1.807) is 30.5 Å². The first-order valence-corrected chi connectivity index (χ1v) is 8.09. The van der Waals surface area contributed by atoms with Crippen molar-refractivity contribution in [2.45, 2.75) is 33.7 Å². The molecule has 27 heavy (non-hydrogen) atoms. The molecular formula is C20H16F3NO3. The summed E-state index contributed by atoms with van der Waals surface area (Å²) in [5, 5.41) is 9.76. The van der Waals surface area contributed by atoms with E-state index in [0.717, 1.165) is 11.1 Å². The topological polar surface area (TPSA) is 51.5 Å². The molecule has 2 aromatic carbocycles. The minimum Gasteiger partial charge on any atom is -0.478 e. The standard InChI is InChI=1S/C20H16F3NO3/c1-11-4-5-16(19(25)26)13(3)17(11)10-24-7-6-14-9-15(27-20(21,22)23)8-12(2)18(14)24/h4-5,8-9H,10H2,1-3H3,(H,25,26). The Labute approximate surface area is 153 Å². The fraction of sp³-hybridized carbons (Fsp3) is 0.250. The van der Waals surface area contributed by atoms with Gasteiger partial charge in [0.05, 0.1) is 23.0 Å². The number of hydrogen-bond acceptors (Lipinski definition) is 2. The summed E-state index contributed by atoms with van der Waals surface area (Å²) in [5.41, 5.74) is 3.86. The Bertz CT molecular complexity index is 1040. The number of ether oxygens (including phenoxy) is 1. The highest BCUT2D eigenvalue weighted by atomic mass is 19.4. The normalized spacial score (nSPS) is 11.5. The predicted molar refractivity (Wildman–Crippen MR) is 93.0 cm³/mol. The number of rotatable bonds is 4. The lowest BCUT2D eigenvalue weighted by Gasteiger charge is -2.15. The first kappa shape index (κ1) is 18.6. The average Bonchev–Trinajstić information content (AvgIpc) is 2.92. The van der Waals surface area contributed by atoms with Crippen LogP contribution in [0.15, 0.2) is 24.3 Å². The van der Waals surface area contributed by atoms with Crippen LogP contribution in [0, 0.1) is 33.0 Å². The van der Waals surface area contributed by atoms with Gasteiger partial charge >= 0.3 is 12.3 Å². The second kappa shape index (κ2) is 6.54. The van der Waals surface area contributed by atoms with Gasteiger partial charge in [0, 0.05) is 6.20 Å². The third-order valence-electron chi connectivity index (χ3n) is 4.48. The fourth-order valence-corrected chi connectivity index (χ4v) is 3.22. The van der Waals surface area contributed by atoms with Gasteiger partial charge in [-0.25, -0.2) is 4.79 Å². The number of aryl methyl sites for hydroxylation is 2. The third-order valence-corrected chi connectivity index (χ3v) is 4.48. The van der Waals surface area contributed by atoms with Crippen molar-refractivity contribution in [2.75, 3.05) is 0 Å². The van der Waals surface area contributed by atoms with Crippen molar-refractivity contribution in [2.24, 2.45) is 0 Å². The Hall–Kier alpha value is -3.14. The van der Waals surface area contributed by atoms with Crippen LogP contribution < -0.4 is 4.74 Å². The second-order valence-electron chi connectivity index (χ2n) is 6.35. The summed E-state index contributed by atoms with van der Waals surface area (Å²) < 4.78 is 43.1. The van der Waals surface area contributed by atoms with Gasteiger partial charge in [-0.1, -0.05) is 6.07 Å². The van der Waals surface area contributed by atoms with Crippen LogP contribution in [0.25, 0.3) is 10.9 Å². The molecule has 0 aliphatic heterocycles. The van der Waals surface area contributed by atoms with Crippen molar-refractivity contribution in [3.63, 3.8) is 0 Å². The second-order valence-corrected chi connectivity index (χ2v) is 6.35. The summed E-state index contributed by atoms with van der Waals surface area (Å²) in [6.45, 7) is 5.63. The number of benzene rings is 2. The molecule has 0 aliphatic carbocycles. The van der Waals surface area contributed by atoms with Crippen molar-refractivity contribution < 1.29 is 27.8 Å². The number of carboxylic acids is 1. The van der Waals surface area contributed by atoms with E-state index in [4.69, 9.17) is 0 Å². The van der Waals surface area contributed by atoms with Gasteiger partial charge in [0.2, 0.25) is 0 Å². The van der Waals surface area contributed by atoms with E-state index in [9.17, 15) is 23.1 Å². The van der Waals surface area contributed by atoms with E-state index in [1.165, 1.54) is 12.1 Å². The summed E-state index contributed by atoms with van der Waals surface area (Å²) in [4.78, 5) is 11.4. The van der Waals surface area contributed by atoms with E-state index >= 15 is 0 Å². The lowest BCUT2D eigenvalue weighted by Crippen LogP contribution is -2.17. The zero-order chi connectivity index (χ0) is 19.9. The van der Waals surface area contributed by atoms with Crippen LogP contribution in [0.1, 0.15) is 32.6 Å². The predicted octanol–water partition coefficient (Wildman–Crippen LogP) is 4.81. The molecular weight excluding hydrogens is 359 g/mol. The lowest BCUT2D eigenvalue weighted by molar-refractivity contribution is -0.274. The lowest BCUT2D eigenvalue weighted by atomic mass is 9.97. The number of fused-ring (bicyclic) bond motifs is 1. The molecule has 1 aromatic heterocycles. The monoisotopic (exact) mass is 375 g/mol.